The van der Waals surface area contributed by atoms with Gasteiger partial charge in [-0.3, -0.25) is 4.79 Å². The Morgan fingerprint density at radius 1 is 1.33 bits per heavy atom. The number of rotatable bonds is 3. The molecule has 0 bridgehead atoms. The molecule has 1 heterocycles. The monoisotopic (exact) mass is 245 g/mol. The maximum atomic E-state index is 11.8. The highest BCUT2D eigenvalue weighted by Crippen LogP contribution is 2.28. The molecule has 3 rings (SSSR count). The van der Waals surface area contributed by atoms with Crippen LogP contribution in [0.25, 0.3) is 0 Å². The Bertz CT molecular complexity index is 440. The molecule has 3 nitrogen and oxygen atoms in total. The third-order valence-corrected chi connectivity index (χ3v) is 4.00. The molecule has 0 aromatic heterocycles. The molecule has 1 fully saturated rings. The van der Waals surface area contributed by atoms with Crippen molar-refractivity contribution in [2.75, 3.05) is 13.2 Å². The lowest BCUT2D eigenvalue weighted by Gasteiger charge is -2.28. The van der Waals surface area contributed by atoms with Crippen molar-refractivity contribution in [3.8, 4) is 5.75 Å². The molecule has 1 aliphatic carbocycles. The van der Waals surface area contributed by atoms with Gasteiger partial charge >= 0.3 is 0 Å². The zero-order valence-corrected chi connectivity index (χ0v) is 10.5. The highest BCUT2D eigenvalue weighted by molar-refractivity contribution is 5.79. The van der Waals surface area contributed by atoms with Gasteiger partial charge in [0.1, 0.15) is 5.75 Å². The van der Waals surface area contributed by atoms with Crippen molar-refractivity contribution in [1.29, 1.82) is 0 Å². The molecule has 1 aromatic rings. The maximum absolute atomic E-state index is 11.8. The molecule has 18 heavy (non-hydrogen) atoms. The number of amides is 1. The van der Waals surface area contributed by atoms with Crippen molar-refractivity contribution in [3.63, 3.8) is 0 Å². The van der Waals surface area contributed by atoms with E-state index in [9.17, 15) is 4.79 Å². The number of benzene rings is 1. The third kappa shape index (κ3) is 2.35. The average molecular weight is 245 g/mol. The van der Waals surface area contributed by atoms with Crippen molar-refractivity contribution in [3.05, 3.63) is 29.8 Å². The van der Waals surface area contributed by atoms with E-state index in [0.29, 0.717) is 12.5 Å². The van der Waals surface area contributed by atoms with Gasteiger partial charge in [0.25, 0.3) is 0 Å². The summed E-state index contributed by atoms with van der Waals surface area (Å²) in [5, 5.41) is 3.07. The highest BCUT2D eigenvalue weighted by atomic mass is 16.5. The first-order valence-corrected chi connectivity index (χ1v) is 6.81. The normalized spacial score (nSPS) is 22.6. The molecule has 1 saturated carbocycles. The molecule has 3 heteroatoms. The summed E-state index contributed by atoms with van der Waals surface area (Å²) in [4.78, 5) is 11.8. The molecule has 1 aliphatic heterocycles. The topological polar surface area (TPSA) is 38.3 Å². The second-order valence-electron chi connectivity index (χ2n) is 5.36. The predicted molar refractivity (Wildman–Crippen MR) is 69.5 cm³/mol. The Morgan fingerprint density at radius 3 is 2.94 bits per heavy atom. The van der Waals surface area contributed by atoms with Crippen LogP contribution in [0.5, 0.6) is 5.75 Å². The lowest BCUT2D eigenvalue weighted by molar-refractivity contribution is -0.127. The van der Waals surface area contributed by atoms with Gasteiger partial charge in [-0.25, -0.2) is 0 Å². The minimum absolute atomic E-state index is 0.236. The summed E-state index contributed by atoms with van der Waals surface area (Å²) < 4.78 is 5.72. The van der Waals surface area contributed by atoms with Crippen LogP contribution in [0.15, 0.2) is 24.3 Å². The number of hydrogen-bond donors (Lipinski definition) is 1. The highest BCUT2D eigenvalue weighted by Gasteiger charge is 2.26. The SMILES string of the molecule is O=C(NCC1COc2ccccc2C1)C1CCC1. The van der Waals surface area contributed by atoms with Crippen LogP contribution in [0, 0.1) is 11.8 Å². The van der Waals surface area contributed by atoms with Crippen molar-refractivity contribution < 1.29 is 9.53 Å². The number of para-hydroxylation sites is 1. The molecule has 0 radical (unpaired) electrons. The van der Waals surface area contributed by atoms with Gasteiger partial charge in [-0.15, -0.1) is 0 Å². The van der Waals surface area contributed by atoms with Crippen LogP contribution in [-0.2, 0) is 11.2 Å². The fraction of sp³-hybridized carbons (Fsp3) is 0.533. The summed E-state index contributed by atoms with van der Waals surface area (Å²) in [5.41, 5.74) is 1.26. The molecule has 1 amide bonds. The quantitative estimate of drug-likeness (QED) is 0.886. The van der Waals surface area contributed by atoms with Gasteiger partial charge in [-0.2, -0.15) is 0 Å². The van der Waals surface area contributed by atoms with Crippen LogP contribution in [-0.4, -0.2) is 19.1 Å². The first-order chi connectivity index (χ1) is 8.83. The first-order valence-electron chi connectivity index (χ1n) is 6.81. The first kappa shape index (κ1) is 11.6. The van der Waals surface area contributed by atoms with Gasteiger partial charge in [0.2, 0.25) is 5.91 Å². The molecular weight excluding hydrogens is 226 g/mol. The van der Waals surface area contributed by atoms with Crippen LogP contribution in [0.3, 0.4) is 0 Å². The van der Waals surface area contributed by atoms with E-state index in [1.807, 2.05) is 18.2 Å². The van der Waals surface area contributed by atoms with Crippen LogP contribution < -0.4 is 10.1 Å². The molecular formula is C15H19NO2. The van der Waals surface area contributed by atoms with E-state index in [4.69, 9.17) is 4.74 Å². The smallest absolute Gasteiger partial charge is 0.223 e. The van der Waals surface area contributed by atoms with Gasteiger partial charge in [0.15, 0.2) is 0 Å². The molecule has 1 atom stereocenters. The standard InChI is InChI=1S/C15H19NO2/c17-15(12-5-3-6-12)16-9-11-8-13-4-1-2-7-14(13)18-10-11/h1-2,4,7,11-12H,3,5-6,8-10H2,(H,16,17). The van der Waals surface area contributed by atoms with Crippen molar-refractivity contribution in [2.45, 2.75) is 25.7 Å². The summed E-state index contributed by atoms with van der Waals surface area (Å²) >= 11 is 0. The van der Waals surface area contributed by atoms with Gasteiger partial charge in [-0.05, 0) is 30.9 Å². The second-order valence-corrected chi connectivity index (χ2v) is 5.36. The summed E-state index contributed by atoms with van der Waals surface area (Å²) in [6.07, 6.45) is 4.34. The minimum atomic E-state index is 0.236. The molecule has 0 spiro atoms. The number of carbonyl (C=O) groups is 1. The second kappa shape index (κ2) is 5.01. The minimum Gasteiger partial charge on any atom is -0.493 e. The molecule has 0 saturated heterocycles. The Hall–Kier alpha value is -1.51. The Kier molecular flexibility index (Phi) is 3.22. The summed E-state index contributed by atoms with van der Waals surface area (Å²) in [7, 11) is 0. The molecule has 1 unspecified atom stereocenters. The number of hydrogen-bond acceptors (Lipinski definition) is 2. The predicted octanol–water partition coefficient (Wildman–Crippen LogP) is 2.15. The van der Waals surface area contributed by atoms with Crippen LogP contribution in [0.1, 0.15) is 24.8 Å². The van der Waals surface area contributed by atoms with Crippen LogP contribution in [0.4, 0.5) is 0 Å². The van der Waals surface area contributed by atoms with Crippen molar-refractivity contribution in [2.24, 2.45) is 11.8 Å². The lowest BCUT2D eigenvalue weighted by Crippen LogP contribution is -2.39. The number of carbonyl (C=O) groups excluding carboxylic acids is 1. The van der Waals surface area contributed by atoms with E-state index in [-0.39, 0.29) is 11.8 Å². The van der Waals surface area contributed by atoms with Crippen LogP contribution >= 0.6 is 0 Å². The summed E-state index contributed by atoms with van der Waals surface area (Å²) in [6, 6.07) is 8.16. The molecule has 1 N–H and O–H groups in total. The van der Waals surface area contributed by atoms with E-state index in [1.54, 1.807) is 0 Å². The van der Waals surface area contributed by atoms with Gasteiger partial charge < -0.3 is 10.1 Å². The van der Waals surface area contributed by atoms with E-state index in [0.717, 1.165) is 31.6 Å². The number of fused-ring (bicyclic) bond motifs is 1. The van der Waals surface area contributed by atoms with E-state index in [2.05, 4.69) is 11.4 Å². The summed E-state index contributed by atoms with van der Waals surface area (Å²) in [6.45, 7) is 1.45. The van der Waals surface area contributed by atoms with E-state index < -0.39 is 0 Å². The number of nitrogens with one attached hydrogen (secondary N) is 1. The number of ether oxygens (including phenoxy) is 1. The van der Waals surface area contributed by atoms with E-state index in [1.165, 1.54) is 12.0 Å². The van der Waals surface area contributed by atoms with Crippen molar-refractivity contribution >= 4 is 5.91 Å². The Labute approximate surface area is 108 Å². The van der Waals surface area contributed by atoms with Crippen molar-refractivity contribution in [1.82, 2.24) is 5.32 Å². The molecule has 96 valence electrons. The zero-order chi connectivity index (χ0) is 12.4. The third-order valence-electron chi connectivity index (χ3n) is 4.00. The fourth-order valence-electron chi connectivity index (χ4n) is 2.58. The maximum Gasteiger partial charge on any atom is 0.223 e. The van der Waals surface area contributed by atoms with Gasteiger partial charge in [0.05, 0.1) is 6.61 Å². The fourth-order valence-corrected chi connectivity index (χ4v) is 2.58. The molecule has 1 aromatic carbocycles. The summed E-state index contributed by atoms with van der Waals surface area (Å²) in [5.74, 6) is 1.92. The Balaban J connectivity index is 1.51. The molecule has 2 aliphatic rings. The van der Waals surface area contributed by atoms with E-state index >= 15 is 0 Å². The van der Waals surface area contributed by atoms with Crippen LogP contribution in [0.2, 0.25) is 0 Å². The van der Waals surface area contributed by atoms with Gasteiger partial charge in [0, 0.05) is 18.4 Å². The largest absolute Gasteiger partial charge is 0.493 e. The average Bonchev–Trinajstić information content (AvgIpc) is 2.34. The Morgan fingerprint density at radius 2 is 2.17 bits per heavy atom. The zero-order valence-electron chi connectivity index (χ0n) is 10.5. The lowest BCUT2D eigenvalue weighted by atomic mass is 9.84. The van der Waals surface area contributed by atoms with Gasteiger partial charge in [-0.1, -0.05) is 24.6 Å².